The Morgan fingerprint density at radius 3 is 2.78 bits per heavy atom. The molecule has 0 aliphatic carbocycles. The van der Waals surface area contributed by atoms with Gasteiger partial charge < -0.3 is 10.0 Å². The maximum absolute atomic E-state index is 12.6. The third kappa shape index (κ3) is 2.81. The molecule has 7 nitrogen and oxygen atoms in total. The Labute approximate surface area is 133 Å². The minimum absolute atomic E-state index is 0.226. The molecule has 1 aromatic carbocycles. The van der Waals surface area contributed by atoms with Crippen molar-refractivity contribution in [2.75, 3.05) is 6.54 Å². The number of aliphatic carboxylic acids is 1. The molecule has 0 saturated carbocycles. The highest BCUT2D eigenvalue weighted by Gasteiger charge is 2.39. The quantitative estimate of drug-likeness (QED) is 0.927. The van der Waals surface area contributed by atoms with Crippen LogP contribution in [0.2, 0.25) is 0 Å². The second-order valence-electron chi connectivity index (χ2n) is 5.86. The zero-order valence-corrected chi connectivity index (χ0v) is 13.0. The van der Waals surface area contributed by atoms with Gasteiger partial charge in [-0.25, -0.2) is 4.68 Å². The fourth-order valence-corrected chi connectivity index (χ4v) is 2.96. The van der Waals surface area contributed by atoms with E-state index in [4.69, 9.17) is 5.11 Å². The molecule has 0 radical (unpaired) electrons. The van der Waals surface area contributed by atoms with E-state index in [0.29, 0.717) is 13.0 Å². The summed E-state index contributed by atoms with van der Waals surface area (Å²) in [5, 5.41) is 17.1. The summed E-state index contributed by atoms with van der Waals surface area (Å²) in [5.74, 6) is -1.66. The SMILES string of the molecule is Cc1cccc(-n2cc(C(=O)N3CCC(C(=O)O)C3C)nn2)c1. The Balaban J connectivity index is 1.81. The van der Waals surface area contributed by atoms with Gasteiger partial charge in [0.2, 0.25) is 0 Å². The van der Waals surface area contributed by atoms with Crippen LogP contribution in [0.3, 0.4) is 0 Å². The van der Waals surface area contributed by atoms with Gasteiger partial charge in [0, 0.05) is 12.6 Å². The number of aromatic nitrogens is 3. The fraction of sp³-hybridized carbons (Fsp3) is 0.375. The smallest absolute Gasteiger partial charge is 0.308 e. The number of hydrogen-bond donors (Lipinski definition) is 1. The molecule has 23 heavy (non-hydrogen) atoms. The third-order valence-electron chi connectivity index (χ3n) is 4.31. The highest BCUT2D eigenvalue weighted by molar-refractivity contribution is 5.93. The molecule has 7 heteroatoms. The maximum atomic E-state index is 12.6. The van der Waals surface area contributed by atoms with Gasteiger partial charge in [-0.05, 0) is 38.0 Å². The summed E-state index contributed by atoms with van der Waals surface area (Å²) in [7, 11) is 0. The summed E-state index contributed by atoms with van der Waals surface area (Å²) in [6, 6.07) is 7.37. The van der Waals surface area contributed by atoms with Gasteiger partial charge >= 0.3 is 5.97 Å². The molecule has 1 fully saturated rings. The second kappa shape index (κ2) is 5.83. The standard InChI is InChI=1S/C16H18N4O3/c1-10-4-3-5-12(8-10)20-9-14(17-18-20)15(21)19-7-6-13(11(19)2)16(22)23/h3-5,8-9,11,13H,6-7H2,1-2H3,(H,22,23). The van der Waals surface area contributed by atoms with Crippen molar-refractivity contribution in [3.05, 3.63) is 41.7 Å². The molecular formula is C16H18N4O3. The van der Waals surface area contributed by atoms with Crippen LogP contribution in [0.4, 0.5) is 0 Å². The predicted octanol–water partition coefficient (Wildman–Crippen LogP) is 1.51. The van der Waals surface area contributed by atoms with Crippen LogP contribution in [0, 0.1) is 12.8 Å². The van der Waals surface area contributed by atoms with Gasteiger partial charge in [0.15, 0.2) is 5.69 Å². The molecule has 1 N–H and O–H groups in total. The number of rotatable bonds is 3. The number of aryl methyl sites for hydroxylation is 1. The van der Waals surface area contributed by atoms with Crippen LogP contribution in [-0.2, 0) is 4.79 Å². The van der Waals surface area contributed by atoms with Gasteiger partial charge in [-0.1, -0.05) is 17.3 Å². The van der Waals surface area contributed by atoms with Crippen LogP contribution in [0.15, 0.2) is 30.5 Å². The lowest BCUT2D eigenvalue weighted by Crippen LogP contribution is -2.37. The minimum Gasteiger partial charge on any atom is -0.481 e. The van der Waals surface area contributed by atoms with E-state index >= 15 is 0 Å². The molecule has 2 atom stereocenters. The number of benzene rings is 1. The molecule has 2 aromatic rings. The number of carbonyl (C=O) groups excluding carboxylic acids is 1. The third-order valence-corrected chi connectivity index (χ3v) is 4.31. The summed E-state index contributed by atoms with van der Waals surface area (Å²) in [6.07, 6.45) is 2.05. The van der Waals surface area contributed by atoms with Crippen LogP contribution >= 0.6 is 0 Å². The molecule has 0 spiro atoms. The van der Waals surface area contributed by atoms with E-state index in [1.165, 1.54) is 0 Å². The van der Waals surface area contributed by atoms with Crippen molar-refractivity contribution in [3.63, 3.8) is 0 Å². The van der Waals surface area contributed by atoms with Crippen LogP contribution in [0.1, 0.15) is 29.4 Å². The molecule has 120 valence electrons. The summed E-state index contributed by atoms with van der Waals surface area (Å²) in [4.78, 5) is 25.3. The van der Waals surface area contributed by atoms with E-state index in [9.17, 15) is 9.59 Å². The van der Waals surface area contributed by atoms with Crippen LogP contribution < -0.4 is 0 Å². The van der Waals surface area contributed by atoms with Crippen LogP contribution in [0.25, 0.3) is 5.69 Å². The summed E-state index contributed by atoms with van der Waals surface area (Å²) < 4.78 is 1.55. The maximum Gasteiger partial charge on any atom is 0.308 e. The number of hydrogen-bond acceptors (Lipinski definition) is 4. The van der Waals surface area contributed by atoms with Crippen LogP contribution in [0.5, 0.6) is 0 Å². The van der Waals surface area contributed by atoms with Gasteiger partial charge in [-0.2, -0.15) is 0 Å². The van der Waals surface area contributed by atoms with Gasteiger partial charge in [0.05, 0.1) is 17.8 Å². The second-order valence-corrected chi connectivity index (χ2v) is 5.86. The van der Waals surface area contributed by atoms with Crippen molar-refractivity contribution in [1.29, 1.82) is 0 Å². The molecule has 2 heterocycles. The van der Waals surface area contributed by atoms with Gasteiger partial charge in [0.25, 0.3) is 5.91 Å². The first-order valence-corrected chi connectivity index (χ1v) is 7.50. The van der Waals surface area contributed by atoms with Crippen molar-refractivity contribution >= 4 is 11.9 Å². The first-order chi connectivity index (χ1) is 11.0. The summed E-state index contributed by atoms with van der Waals surface area (Å²) in [5.41, 5.74) is 2.14. The lowest BCUT2D eigenvalue weighted by atomic mass is 10.0. The van der Waals surface area contributed by atoms with Gasteiger partial charge in [-0.3, -0.25) is 9.59 Å². The topological polar surface area (TPSA) is 88.3 Å². The van der Waals surface area contributed by atoms with Gasteiger partial charge in [-0.15, -0.1) is 5.10 Å². The van der Waals surface area contributed by atoms with E-state index in [-0.39, 0.29) is 17.6 Å². The molecule has 1 aromatic heterocycles. The molecule has 2 unspecified atom stereocenters. The average Bonchev–Trinajstić information content (AvgIpc) is 3.13. The predicted molar refractivity (Wildman–Crippen MR) is 82.3 cm³/mol. The normalized spacial score (nSPS) is 20.7. The molecule has 1 aliphatic rings. The Kier molecular flexibility index (Phi) is 3.85. The molecule has 1 saturated heterocycles. The lowest BCUT2D eigenvalue weighted by molar-refractivity contribution is -0.142. The molecule has 0 bridgehead atoms. The van der Waals surface area contributed by atoms with E-state index in [1.807, 2.05) is 31.2 Å². The number of carboxylic acid groups (broad SMARTS) is 1. The number of amides is 1. The highest BCUT2D eigenvalue weighted by atomic mass is 16.4. The zero-order valence-electron chi connectivity index (χ0n) is 13.0. The Hall–Kier alpha value is -2.70. The molecule has 1 aliphatic heterocycles. The molecule has 3 rings (SSSR count). The average molecular weight is 314 g/mol. The fourth-order valence-electron chi connectivity index (χ4n) is 2.96. The first kappa shape index (κ1) is 15.2. The molecular weight excluding hydrogens is 296 g/mol. The number of likely N-dealkylation sites (tertiary alicyclic amines) is 1. The zero-order chi connectivity index (χ0) is 16.6. The summed E-state index contributed by atoms with van der Waals surface area (Å²) >= 11 is 0. The van der Waals surface area contributed by atoms with E-state index < -0.39 is 11.9 Å². The molecule has 1 amide bonds. The first-order valence-electron chi connectivity index (χ1n) is 7.50. The number of carboxylic acids is 1. The van der Waals surface area contributed by atoms with E-state index in [1.54, 1.807) is 22.7 Å². The minimum atomic E-state index is -0.865. The van der Waals surface area contributed by atoms with Crippen molar-refractivity contribution in [1.82, 2.24) is 19.9 Å². The van der Waals surface area contributed by atoms with E-state index in [2.05, 4.69) is 10.3 Å². The Morgan fingerprint density at radius 2 is 2.13 bits per heavy atom. The Bertz CT molecular complexity index is 755. The van der Waals surface area contributed by atoms with Crippen molar-refractivity contribution in [3.8, 4) is 5.69 Å². The summed E-state index contributed by atoms with van der Waals surface area (Å²) in [6.45, 7) is 4.16. The number of carbonyl (C=O) groups is 2. The Morgan fingerprint density at radius 1 is 1.35 bits per heavy atom. The monoisotopic (exact) mass is 314 g/mol. The largest absolute Gasteiger partial charge is 0.481 e. The van der Waals surface area contributed by atoms with Crippen molar-refractivity contribution in [2.45, 2.75) is 26.3 Å². The van der Waals surface area contributed by atoms with Crippen molar-refractivity contribution < 1.29 is 14.7 Å². The van der Waals surface area contributed by atoms with Crippen molar-refractivity contribution in [2.24, 2.45) is 5.92 Å². The van der Waals surface area contributed by atoms with Gasteiger partial charge in [0.1, 0.15) is 0 Å². The highest BCUT2D eigenvalue weighted by Crippen LogP contribution is 2.25. The number of nitrogens with zero attached hydrogens (tertiary/aromatic N) is 4. The van der Waals surface area contributed by atoms with E-state index in [0.717, 1.165) is 11.3 Å². The van der Waals surface area contributed by atoms with Crippen LogP contribution in [-0.4, -0.2) is 49.5 Å². The lowest BCUT2D eigenvalue weighted by Gasteiger charge is -2.21.